The van der Waals surface area contributed by atoms with E-state index in [2.05, 4.69) is 46.1 Å². The van der Waals surface area contributed by atoms with E-state index in [9.17, 15) is 14.4 Å². The number of nitrogens with one attached hydrogen (secondary N) is 1. The van der Waals surface area contributed by atoms with Crippen molar-refractivity contribution in [2.24, 2.45) is 10.7 Å². The van der Waals surface area contributed by atoms with Gasteiger partial charge >= 0.3 is 11.9 Å². The minimum absolute atomic E-state index is 0.0164. The molecule has 4 aromatic rings. The van der Waals surface area contributed by atoms with Crippen LogP contribution < -0.4 is 11.1 Å². The van der Waals surface area contributed by atoms with Crippen LogP contribution in [0.25, 0.3) is 5.00 Å². The van der Waals surface area contributed by atoms with Crippen LogP contribution in [0.3, 0.4) is 0 Å². The number of hydrogen-bond acceptors (Lipinski definition) is 11. The van der Waals surface area contributed by atoms with Gasteiger partial charge in [-0.15, -0.1) is 21.5 Å². The van der Waals surface area contributed by atoms with Gasteiger partial charge in [-0.05, 0) is 50.3 Å². The Morgan fingerprint density at radius 2 is 1.66 bits per heavy atom. The number of ether oxygens (including phenoxy) is 2. The first-order valence-electron chi connectivity index (χ1n) is 14.2. The Morgan fingerprint density at radius 3 is 2.28 bits per heavy atom. The summed E-state index contributed by atoms with van der Waals surface area (Å²) in [5, 5.41) is 13.0. The molecule has 3 aromatic heterocycles. The Hall–Kier alpha value is -5.21. The summed E-state index contributed by atoms with van der Waals surface area (Å²) in [6.07, 6.45) is -0.0522. The fraction of sp³-hybridized carbons (Fsp3) is 0.273. The number of methoxy groups -OCH3 is 2. The van der Waals surface area contributed by atoms with E-state index in [1.165, 1.54) is 0 Å². The zero-order valence-corrected chi connectivity index (χ0v) is 27.7. The zero-order valence-electron chi connectivity index (χ0n) is 26.1. The first-order valence-corrected chi connectivity index (χ1v) is 15.4. The smallest absolute Gasteiger partial charge is 0.343 e. The molecule has 1 amide bonds. The Morgan fingerprint density at radius 1 is 1.02 bits per heavy atom. The summed E-state index contributed by atoms with van der Waals surface area (Å²) >= 11 is 7.80. The highest BCUT2D eigenvalue weighted by molar-refractivity contribution is 7.15. The normalized spacial score (nSPS) is 13.1. The van der Waals surface area contributed by atoms with Gasteiger partial charge in [-0.1, -0.05) is 35.6 Å². The van der Waals surface area contributed by atoms with Crippen molar-refractivity contribution in [3.8, 4) is 28.7 Å². The highest BCUT2D eigenvalue weighted by atomic mass is 35.5. The molecule has 0 saturated carbocycles. The SMILES string of the molecule is COC(=O)c1c(C#CCN)oc(C#CCNC(=O)C[C@@H]2N=C(c3ccc(Cl)cc3)c3c(sc(C)c3C)-n3c(C)nnc32)c1C(=O)OC. The molecule has 14 heteroatoms. The summed E-state index contributed by atoms with van der Waals surface area (Å²) in [6, 6.07) is 6.74. The first-order chi connectivity index (χ1) is 22.6. The third-order valence-electron chi connectivity index (χ3n) is 7.30. The van der Waals surface area contributed by atoms with Crippen LogP contribution in [0.1, 0.15) is 77.9 Å². The van der Waals surface area contributed by atoms with Crippen LogP contribution in [-0.4, -0.2) is 65.6 Å². The zero-order chi connectivity index (χ0) is 33.8. The molecule has 0 fully saturated rings. The maximum atomic E-state index is 13.3. The van der Waals surface area contributed by atoms with Crippen molar-refractivity contribution in [1.29, 1.82) is 0 Å². The van der Waals surface area contributed by atoms with Crippen LogP contribution in [0.15, 0.2) is 33.7 Å². The number of furan rings is 1. The summed E-state index contributed by atoms with van der Waals surface area (Å²) in [7, 11) is 2.30. The van der Waals surface area contributed by atoms with E-state index in [0.29, 0.717) is 16.7 Å². The summed E-state index contributed by atoms with van der Waals surface area (Å²) < 4.78 is 17.2. The molecule has 12 nitrogen and oxygen atoms in total. The summed E-state index contributed by atoms with van der Waals surface area (Å²) in [6.45, 7) is 5.84. The van der Waals surface area contributed by atoms with Crippen LogP contribution in [0, 0.1) is 44.5 Å². The molecule has 1 aliphatic heterocycles. The van der Waals surface area contributed by atoms with Gasteiger partial charge in [0.1, 0.15) is 28.0 Å². The fourth-order valence-electron chi connectivity index (χ4n) is 4.98. The number of carbonyl (C=O) groups excluding carboxylic acids is 3. The van der Waals surface area contributed by atoms with E-state index in [1.807, 2.05) is 30.5 Å². The summed E-state index contributed by atoms with van der Waals surface area (Å²) in [4.78, 5) is 44.6. The van der Waals surface area contributed by atoms with Gasteiger partial charge in [0.15, 0.2) is 17.3 Å². The van der Waals surface area contributed by atoms with Crippen LogP contribution >= 0.6 is 22.9 Å². The van der Waals surface area contributed by atoms with Crippen molar-refractivity contribution in [2.45, 2.75) is 33.2 Å². The molecule has 0 spiro atoms. The summed E-state index contributed by atoms with van der Waals surface area (Å²) in [5.41, 5.74) is 8.60. The predicted octanol–water partition coefficient (Wildman–Crippen LogP) is 3.83. The number of rotatable bonds is 6. The van der Waals surface area contributed by atoms with Gasteiger partial charge in [-0.25, -0.2) is 9.59 Å². The number of nitrogens with zero attached hydrogens (tertiary/aromatic N) is 4. The van der Waals surface area contributed by atoms with E-state index < -0.39 is 18.0 Å². The van der Waals surface area contributed by atoms with Crippen LogP contribution in [0.5, 0.6) is 0 Å². The second kappa shape index (κ2) is 14.1. The third-order valence-corrected chi connectivity index (χ3v) is 8.75. The molecule has 0 radical (unpaired) electrons. The Kier molecular flexibility index (Phi) is 9.92. The Balaban J connectivity index is 1.44. The molecule has 0 unspecified atom stereocenters. The van der Waals surface area contributed by atoms with Crippen molar-refractivity contribution in [1.82, 2.24) is 20.1 Å². The molecular formula is C33H29ClN6O6S. The van der Waals surface area contributed by atoms with E-state index in [0.717, 1.165) is 46.5 Å². The molecule has 0 saturated heterocycles. The number of esters is 2. The van der Waals surface area contributed by atoms with Gasteiger partial charge in [-0.3, -0.25) is 14.4 Å². The number of hydrogen-bond donors (Lipinski definition) is 2. The second-order valence-electron chi connectivity index (χ2n) is 10.2. The topological polar surface area (TPSA) is 164 Å². The first kappa shape index (κ1) is 33.2. The molecule has 240 valence electrons. The molecule has 3 N–H and O–H groups in total. The molecule has 47 heavy (non-hydrogen) atoms. The number of carbonyl (C=O) groups is 3. The maximum absolute atomic E-state index is 13.3. The van der Waals surface area contributed by atoms with Crippen molar-refractivity contribution in [2.75, 3.05) is 27.3 Å². The minimum Gasteiger partial charge on any atom is -0.465 e. The van der Waals surface area contributed by atoms with E-state index in [1.54, 1.807) is 23.5 Å². The lowest BCUT2D eigenvalue weighted by Crippen LogP contribution is -2.26. The maximum Gasteiger partial charge on any atom is 0.343 e. The molecule has 1 aliphatic rings. The van der Waals surface area contributed by atoms with Gasteiger partial charge in [0.2, 0.25) is 5.91 Å². The highest BCUT2D eigenvalue weighted by Crippen LogP contribution is 2.39. The van der Waals surface area contributed by atoms with E-state index >= 15 is 0 Å². The lowest BCUT2D eigenvalue weighted by molar-refractivity contribution is -0.121. The molecule has 5 rings (SSSR count). The molecule has 1 atom stereocenters. The standard InChI is InChI=1S/C33H29ClN6O6S/c1-17-18(2)47-31-26(17)29(20-10-12-21(34)13-11-20)37-22(30-39-38-19(3)40(30)31)16-25(41)36-15-7-9-24-28(33(43)45-5)27(32(42)44-4)23(46-24)8-6-14-35/h10-13,22H,14-16,35H2,1-5H3,(H,36,41)/t22-/m0/s1. The lowest BCUT2D eigenvalue weighted by atomic mass is 9.99. The van der Waals surface area contributed by atoms with Crippen molar-refractivity contribution < 1.29 is 28.3 Å². The van der Waals surface area contributed by atoms with Crippen LogP contribution in [-0.2, 0) is 14.3 Å². The second-order valence-corrected chi connectivity index (χ2v) is 11.8. The number of fused-ring (bicyclic) bond motifs is 3. The highest BCUT2D eigenvalue weighted by Gasteiger charge is 2.33. The van der Waals surface area contributed by atoms with Gasteiger partial charge in [-0.2, -0.15) is 0 Å². The van der Waals surface area contributed by atoms with E-state index in [4.69, 9.17) is 36.2 Å². The Labute approximate surface area is 279 Å². The number of aliphatic imine (C=N–C) groups is 1. The van der Waals surface area contributed by atoms with Crippen LogP contribution in [0.4, 0.5) is 0 Å². The predicted molar refractivity (Wildman–Crippen MR) is 175 cm³/mol. The van der Waals surface area contributed by atoms with Crippen molar-refractivity contribution >= 4 is 46.5 Å². The number of aromatic nitrogens is 3. The molecular weight excluding hydrogens is 644 g/mol. The minimum atomic E-state index is -0.871. The molecule has 0 aliphatic carbocycles. The number of benzene rings is 1. The van der Waals surface area contributed by atoms with Crippen molar-refractivity contribution in [3.05, 3.63) is 85.2 Å². The molecule has 0 bridgehead atoms. The fourth-order valence-corrected chi connectivity index (χ4v) is 6.32. The number of nitrogens with two attached hydrogens (primary N) is 1. The number of halogens is 1. The average molecular weight is 673 g/mol. The number of amides is 1. The van der Waals surface area contributed by atoms with Gasteiger partial charge in [0.05, 0.1) is 39.4 Å². The monoisotopic (exact) mass is 672 g/mol. The van der Waals surface area contributed by atoms with E-state index in [-0.39, 0.29) is 48.1 Å². The largest absolute Gasteiger partial charge is 0.465 e. The number of aryl methyl sites for hydroxylation is 2. The average Bonchev–Trinajstić information content (AvgIpc) is 3.69. The van der Waals surface area contributed by atoms with Gasteiger partial charge < -0.3 is 24.9 Å². The lowest BCUT2D eigenvalue weighted by Gasteiger charge is -2.12. The summed E-state index contributed by atoms with van der Waals surface area (Å²) in [5.74, 6) is 9.43. The Bertz CT molecular complexity index is 2050. The third kappa shape index (κ3) is 6.55. The van der Waals surface area contributed by atoms with Crippen molar-refractivity contribution in [3.63, 3.8) is 0 Å². The van der Waals surface area contributed by atoms with Gasteiger partial charge in [0.25, 0.3) is 0 Å². The molecule has 4 heterocycles. The molecule has 1 aromatic carbocycles. The van der Waals surface area contributed by atoms with Gasteiger partial charge in [0, 0.05) is 21.0 Å². The number of thiophene rings is 1. The quantitative estimate of drug-likeness (QED) is 0.229. The van der Waals surface area contributed by atoms with Crippen LogP contribution in [0.2, 0.25) is 5.02 Å².